The number of nitriles is 1. The van der Waals surface area contributed by atoms with Gasteiger partial charge in [0.2, 0.25) is 0 Å². The molecule has 0 saturated carbocycles. The number of aromatic nitrogens is 1. The van der Waals surface area contributed by atoms with Crippen LogP contribution in [0, 0.1) is 11.3 Å². The van der Waals surface area contributed by atoms with Crippen LogP contribution in [0.5, 0.6) is 0 Å². The normalized spacial score (nSPS) is 10.3. The molecule has 0 aliphatic rings. The van der Waals surface area contributed by atoms with Gasteiger partial charge >= 0.3 is 0 Å². The number of nitrogens with zero attached hydrogens (tertiary/aromatic N) is 2. The van der Waals surface area contributed by atoms with E-state index < -0.39 is 0 Å². The molecule has 0 amide bonds. The van der Waals surface area contributed by atoms with Crippen LogP contribution >= 0.6 is 11.8 Å². The molecule has 19 heavy (non-hydrogen) atoms. The molecular weight excluding hydrogens is 254 g/mol. The monoisotopic (exact) mass is 271 g/mol. The van der Waals surface area contributed by atoms with Crippen LogP contribution in [0.1, 0.15) is 25.5 Å². The number of unbranched alkanes of at least 4 members (excludes halogenated alkanes) is 1. The third kappa shape index (κ3) is 3.12. The van der Waals surface area contributed by atoms with Crippen molar-refractivity contribution in [3.05, 3.63) is 42.1 Å². The van der Waals surface area contributed by atoms with Crippen molar-refractivity contribution in [1.29, 1.82) is 5.26 Å². The Kier molecular flexibility index (Phi) is 4.53. The van der Waals surface area contributed by atoms with Gasteiger partial charge in [-0.3, -0.25) is 0 Å². The van der Waals surface area contributed by atoms with Gasteiger partial charge in [-0.05, 0) is 24.6 Å². The zero-order valence-electron chi connectivity index (χ0n) is 11.0. The van der Waals surface area contributed by atoms with E-state index in [4.69, 9.17) is 5.73 Å². The van der Waals surface area contributed by atoms with E-state index >= 15 is 0 Å². The minimum Gasteiger partial charge on any atom is -0.397 e. The summed E-state index contributed by atoms with van der Waals surface area (Å²) in [6, 6.07) is 14.1. The fourth-order valence-corrected chi connectivity index (χ4v) is 2.89. The molecule has 3 nitrogen and oxygen atoms in total. The smallest absolute Gasteiger partial charge is 0.123 e. The molecule has 2 N–H and O–H groups in total. The highest BCUT2D eigenvalue weighted by Gasteiger charge is 2.13. The lowest BCUT2D eigenvalue weighted by atomic mass is 10.3. The van der Waals surface area contributed by atoms with Gasteiger partial charge in [0.25, 0.3) is 0 Å². The minimum atomic E-state index is 0.643. The van der Waals surface area contributed by atoms with Crippen LogP contribution < -0.4 is 5.73 Å². The van der Waals surface area contributed by atoms with Crippen LogP contribution in [0.3, 0.4) is 0 Å². The van der Waals surface area contributed by atoms with E-state index in [2.05, 4.69) is 13.0 Å². The first-order chi connectivity index (χ1) is 9.26. The lowest BCUT2D eigenvalue weighted by Gasteiger charge is -2.10. The molecule has 0 saturated heterocycles. The van der Waals surface area contributed by atoms with Gasteiger partial charge in [-0.1, -0.05) is 43.3 Å². The van der Waals surface area contributed by atoms with Crippen LogP contribution in [-0.2, 0) is 6.54 Å². The predicted octanol–water partition coefficient (Wildman–Crippen LogP) is 3.89. The fourth-order valence-electron chi connectivity index (χ4n) is 1.90. The Morgan fingerprint density at radius 1 is 1.32 bits per heavy atom. The van der Waals surface area contributed by atoms with Gasteiger partial charge in [-0.2, -0.15) is 5.26 Å². The molecule has 0 spiro atoms. The number of rotatable bonds is 5. The lowest BCUT2D eigenvalue weighted by molar-refractivity contribution is 0.594. The van der Waals surface area contributed by atoms with Crippen molar-refractivity contribution in [1.82, 2.24) is 4.57 Å². The summed E-state index contributed by atoms with van der Waals surface area (Å²) in [4.78, 5) is 1.13. The van der Waals surface area contributed by atoms with Gasteiger partial charge in [0, 0.05) is 11.4 Å². The third-order valence-corrected chi connectivity index (χ3v) is 4.04. The maximum atomic E-state index is 9.19. The van der Waals surface area contributed by atoms with Crippen molar-refractivity contribution in [2.75, 3.05) is 5.73 Å². The molecule has 4 heteroatoms. The third-order valence-electron chi connectivity index (χ3n) is 2.88. The Bertz CT molecular complexity index is 581. The minimum absolute atomic E-state index is 0.643. The molecule has 1 heterocycles. The molecule has 0 bridgehead atoms. The number of anilines is 1. The number of hydrogen-bond acceptors (Lipinski definition) is 3. The van der Waals surface area contributed by atoms with Crippen LogP contribution in [0.2, 0.25) is 0 Å². The van der Waals surface area contributed by atoms with E-state index in [1.807, 2.05) is 34.9 Å². The first kappa shape index (κ1) is 13.6. The van der Waals surface area contributed by atoms with Gasteiger partial charge < -0.3 is 10.3 Å². The molecule has 0 aliphatic heterocycles. The SMILES string of the molecule is CCCCn1c(C#N)cc(N)c1Sc1ccccc1. The van der Waals surface area contributed by atoms with Gasteiger partial charge in [0.15, 0.2) is 0 Å². The highest BCUT2D eigenvalue weighted by Crippen LogP contribution is 2.34. The summed E-state index contributed by atoms with van der Waals surface area (Å²) < 4.78 is 2.02. The summed E-state index contributed by atoms with van der Waals surface area (Å²) in [5.41, 5.74) is 7.37. The predicted molar refractivity (Wildman–Crippen MR) is 79.0 cm³/mol. The second kappa shape index (κ2) is 6.35. The van der Waals surface area contributed by atoms with Crippen molar-refractivity contribution in [2.24, 2.45) is 0 Å². The molecule has 1 aromatic carbocycles. The average Bonchev–Trinajstić information content (AvgIpc) is 2.74. The molecular formula is C15H17N3S. The first-order valence-electron chi connectivity index (χ1n) is 6.38. The van der Waals surface area contributed by atoms with Gasteiger partial charge in [-0.15, -0.1) is 0 Å². The second-order valence-corrected chi connectivity index (χ2v) is 5.38. The summed E-state index contributed by atoms with van der Waals surface area (Å²) in [6.45, 7) is 2.98. The van der Waals surface area contributed by atoms with Crippen LogP contribution in [-0.4, -0.2) is 4.57 Å². The summed E-state index contributed by atoms with van der Waals surface area (Å²) in [5, 5.41) is 10.2. The number of hydrogen-bond donors (Lipinski definition) is 1. The molecule has 0 atom stereocenters. The van der Waals surface area contributed by atoms with E-state index in [9.17, 15) is 5.26 Å². The van der Waals surface area contributed by atoms with E-state index in [0.29, 0.717) is 11.4 Å². The van der Waals surface area contributed by atoms with E-state index in [1.165, 1.54) is 0 Å². The molecule has 0 radical (unpaired) electrons. The van der Waals surface area contributed by atoms with E-state index in [0.717, 1.165) is 29.3 Å². The topological polar surface area (TPSA) is 54.7 Å². The highest BCUT2D eigenvalue weighted by molar-refractivity contribution is 7.99. The maximum Gasteiger partial charge on any atom is 0.123 e. The summed E-state index contributed by atoms with van der Waals surface area (Å²) >= 11 is 1.61. The van der Waals surface area contributed by atoms with Crippen molar-refractivity contribution < 1.29 is 0 Å². The van der Waals surface area contributed by atoms with Crippen molar-refractivity contribution in [3.63, 3.8) is 0 Å². The average molecular weight is 271 g/mol. The first-order valence-corrected chi connectivity index (χ1v) is 7.20. The molecule has 2 rings (SSSR count). The zero-order valence-corrected chi connectivity index (χ0v) is 11.8. The van der Waals surface area contributed by atoms with Crippen LogP contribution in [0.15, 0.2) is 46.3 Å². The lowest BCUT2D eigenvalue weighted by Crippen LogP contribution is -2.02. The number of nitrogens with two attached hydrogens (primary N) is 1. The van der Waals surface area contributed by atoms with Crippen LogP contribution in [0.4, 0.5) is 5.69 Å². The molecule has 2 aromatic rings. The number of nitrogen functional groups attached to an aromatic ring is 1. The van der Waals surface area contributed by atoms with Crippen molar-refractivity contribution in [2.45, 2.75) is 36.2 Å². The quantitative estimate of drug-likeness (QED) is 0.897. The van der Waals surface area contributed by atoms with Crippen molar-refractivity contribution in [3.8, 4) is 6.07 Å². The Labute approximate surface area is 118 Å². The number of benzene rings is 1. The highest BCUT2D eigenvalue weighted by atomic mass is 32.2. The summed E-state index contributed by atoms with van der Waals surface area (Å²) in [6.07, 6.45) is 2.14. The van der Waals surface area contributed by atoms with Gasteiger partial charge in [0.1, 0.15) is 16.8 Å². The maximum absolute atomic E-state index is 9.19. The Hall–Kier alpha value is -1.86. The molecule has 98 valence electrons. The van der Waals surface area contributed by atoms with Crippen molar-refractivity contribution >= 4 is 17.4 Å². The van der Waals surface area contributed by atoms with E-state index in [1.54, 1.807) is 17.8 Å². The summed E-state index contributed by atoms with van der Waals surface area (Å²) in [5.74, 6) is 0. The molecule has 0 unspecified atom stereocenters. The summed E-state index contributed by atoms with van der Waals surface area (Å²) in [7, 11) is 0. The molecule has 0 fully saturated rings. The van der Waals surface area contributed by atoms with Crippen LogP contribution in [0.25, 0.3) is 0 Å². The van der Waals surface area contributed by atoms with E-state index in [-0.39, 0.29) is 0 Å². The van der Waals surface area contributed by atoms with Gasteiger partial charge in [-0.25, -0.2) is 0 Å². The second-order valence-electron chi connectivity index (χ2n) is 4.32. The largest absolute Gasteiger partial charge is 0.397 e. The Balaban J connectivity index is 2.33. The fraction of sp³-hybridized carbons (Fsp3) is 0.267. The van der Waals surface area contributed by atoms with Gasteiger partial charge in [0.05, 0.1) is 5.69 Å². The Morgan fingerprint density at radius 2 is 2.05 bits per heavy atom. The standard InChI is InChI=1S/C15H17N3S/c1-2-3-9-18-12(11-16)10-14(17)15(18)19-13-7-5-4-6-8-13/h4-8,10H,2-3,9,17H2,1H3. The zero-order chi connectivity index (χ0) is 13.7. The molecule has 1 aromatic heterocycles. The molecule has 0 aliphatic carbocycles. The Morgan fingerprint density at radius 3 is 2.68 bits per heavy atom.